The summed E-state index contributed by atoms with van der Waals surface area (Å²) in [4.78, 5) is 24.9. The van der Waals surface area contributed by atoms with Gasteiger partial charge in [0.05, 0.1) is 6.33 Å². The van der Waals surface area contributed by atoms with Gasteiger partial charge in [-0.3, -0.25) is 9.69 Å². The van der Waals surface area contributed by atoms with Gasteiger partial charge in [0.25, 0.3) is 5.91 Å². The van der Waals surface area contributed by atoms with Crippen LogP contribution in [0.25, 0.3) is 0 Å². The Morgan fingerprint density at radius 1 is 1.03 bits per heavy atom. The molecular weight excluding hydrogens is 419 g/mol. The fourth-order valence-corrected chi connectivity index (χ4v) is 4.18. The van der Waals surface area contributed by atoms with Gasteiger partial charge in [0.15, 0.2) is 0 Å². The Morgan fingerprint density at radius 2 is 1.73 bits per heavy atom. The SMILES string of the molecule is O=C(c1ccc(Cl)cc1)N1CCN(Cc2ccc(Cl)cc2)CC1CCc1cnc[nH]1. The number of piperazine rings is 1. The van der Waals surface area contributed by atoms with E-state index in [9.17, 15) is 4.79 Å². The van der Waals surface area contributed by atoms with Crippen molar-refractivity contribution in [2.24, 2.45) is 0 Å². The van der Waals surface area contributed by atoms with Crippen molar-refractivity contribution in [3.05, 3.63) is 87.9 Å². The summed E-state index contributed by atoms with van der Waals surface area (Å²) < 4.78 is 0. The molecule has 4 rings (SSSR count). The minimum absolute atomic E-state index is 0.0624. The first-order valence-corrected chi connectivity index (χ1v) is 10.8. The number of benzene rings is 2. The smallest absolute Gasteiger partial charge is 0.254 e. The van der Waals surface area contributed by atoms with Gasteiger partial charge in [-0.2, -0.15) is 0 Å². The number of nitrogens with zero attached hydrogens (tertiary/aromatic N) is 3. The molecule has 1 N–H and O–H groups in total. The van der Waals surface area contributed by atoms with E-state index < -0.39 is 0 Å². The van der Waals surface area contributed by atoms with Crippen molar-refractivity contribution in [3.8, 4) is 0 Å². The minimum Gasteiger partial charge on any atom is -0.348 e. The largest absolute Gasteiger partial charge is 0.348 e. The zero-order valence-corrected chi connectivity index (χ0v) is 18.1. The number of rotatable bonds is 6. The molecule has 2 aromatic carbocycles. The van der Waals surface area contributed by atoms with E-state index in [1.807, 2.05) is 23.2 Å². The quantitative estimate of drug-likeness (QED) is 0.602. The van der Waals surface area contributed by atoms with E-state index in [1.165, 1.54) is 5.56 Å². The van der Waals surface area contributed by atoms with Gasteiger partial charge >= 0.3 is 0 Å². The van der Waals surface area contributed by atoms with E-state index in [1.54, 1.807) is 30.6 Å². The molecule has 0 spiro atoms. The van der Waals surface area contributed by atoms with Crippen molar-refractivity contribution in [2.45, 2.75) is 25.4 Å². The second kappa shape index (κ2) is 9.65. The summed E-state index contributed by atoms with van der Waals surface area (Å²) in [6.07, 6.45) is 5.27. The van der Waals surface area contributed by atoms with Crippen LogP contribution >= 0.6 is 23.2 Å². The van der Waals surface area contributed by atoms with Crippen LogP contribution < -0.4 is 0 Å². The number of aromatic amines is 1. The number of carbonyl (C=O) groups excluding carboxylic acids is 1. The predicted molar refractivity (Wildman–Crippen MR) is 120 cm³/mol. The zero-order chi connectivity index (χ0) is 20.9. The molecule has 1 aliphatic rings. The maximum atomic E-state index is 13.2. The number of carbonyl (C=O) groups is 1. The van der Waals surface area contributed by atoms with Crippen LogP contribution in [0, 0.1) is 0 Å². The first-order chi connectivity index (χ1) is 14.6. The number of hydrogen-bond acceptors (Lipinski definition) is 3. The van der Waals surface area contributed by atoms with Gasteiger partial charge in [-0.15, -0.1) is 0 Å². The van der Waals surface area contributed by atoms with E-state index in [0.717, 1.165) is 43.2 Å². The number of hydrogen-bond donors (Lipinski definition) is 1. The molecule has 0 bridgehead atoms. The molecule has 1 unspecified atom stereocenters. The summed E-state index contributed by atoms with van der Waals surface area (Å²) in [7, 11) is 0. The summed E-state index contributed by atoms with van der Waals surface area (Å²) in [5, 5.41) is 1.38. The van der Waals surface area contributed by atoms with Crippen molar-refractivity contribution >= 4 is 29.1 Å². The number of imidazole rings is 1. The van der Waals surface area contributed by atoms with Crippen molar-refractivity contribution < 1.29 is 4.79 Å². The Kier molecular flexibility index (Phi) is 6.72. The lowest BCUT2D eigenvalue weighted by Crippen LogP contribution is -2.55. The average molecular weight is 443 g/mol. The number of H-pyrrole nitrogens is 1. The Hall–Kier alpha value is -2.34. The summed E-state index contributed by atoms with van der Waals surface area (Å²) in [5.41, 5.74) is 2.99. The van der Waals surface area contributed by atoms with Gasteiger partial charge in [-0.1, -0.05) is 35.3 Å². The zero-order valence-electron chi connectivity index (χ0n) is 16.6. The topological polar surface area (TPSA) is 52.2 Å². The number of aromatic nitrogens is 2. The molecule has 1 aliphatic heterocycles. The van der Waals surface area contributed by atoms with E-state index in [0.29, 0.717) is 17.1 Å². The third kappa shape index (κ3) is 5.22. The van der Waals surface area contributed by atoms with Gasteiger partial charge in [0, 0.05) is 59.7 Å². The minimum atomic E-state index is 0.0624. The lowest BCUT2D eigenvalue weighted by molar-refractivity contribution is 0.0420. The van der Waals surface area contributed by atoms with Crippen LogP contribution in [0.1, 0.15) is 28.0 Å². The Balaban J connectivity index is 1.47. The Labute approximate surface area is 186 Å². The molecule has 0 aliphatic carbocycles. The van der Waals surface area contributed by atoms with Gasteiger partial charge in [-0.25, -0.2) is 4.98 Å². The fraction of sp³-hybridized carbons (Fsp3) is 0.304. The van der Waals surface area contributed by atoms with Gasteiger partial charge in [0.1, 0.15) is 0 Å². The van der Waals surface area contributed by atoms with Crippen molar-refractivity contribution in [2.75, 3.05) is 19.6 Å². The third-order valence-corrected chi connectivity index (χ3v) is 6.04. The molecule has 5 nitrogen and oxygen atoms in total. The first kappa shape index (κ1) is 20.9. The monoisotopic (exact) mass is 442 g/mol. The molecule has 3 aromatic rings. The van der Waals surface area contributed by atoms with Crippen LogP contribution in [0.2, 0.25) is 10.0 Å². The predicted octanol–water partition coefficient (Wildman–Crippen LogP) is 4.68. The Morgan fingerprint density at radius 3 is 2.40 bits per heavy atom. The molecular formula is C23H24Cl2N4O. The van der Waals surface area contributed by atoms with Crippen LogP contribution in [0.5, 0.6) is 0 Å². The van der Waals surface area contributed by atoms with Crippen LogP contribution in [0.3, 0.4) is 0 Å². The summed E-state index contributed by atoms with van der Waals surface area (Å²) in [5.74, 6) is 0.0624. The van der Waals surface area contributed by atoms with Crippen molar-refractivity contribution in [3.63, 3.8) is 0 Å². The molecule has 30 heavy (non-hydrogen) atoms. The van der Waals surface area contributed by atoms with E-state index in [-0.39, 0.29) is 11.9 Å². The normalized spacial score (nSPS) is 17.3. The second-order valence-electron chi connectivity index (χ2n) is 7.64. The highest BCUT2D eigenvalue weighted by atomic mass is 35.5. The van der Waals surface area contributed by atoms with Crippen molar-refractivity contribution in [1.29, 1.82) is 0 Å². The summed E-state index contributed by atoms with van der Waals surface area (Å²) in [6.45, 7) is 3.21. The molecule has 2 heterocycles. The number of halogens is 2. The van der Waals surface area contributed by atoms with Crippen LogP contribution in [0.15, 0.2) is 61.1 Å². The van der Waals surface area contributed by atoms with Gasteiger partial charge in [-0.05, 0) is 54.8 Å². The first-order valence-electron chi connectivity index (χ1n) is 10.1. The molecule has 1 fully saturated rings. The lowest BCUT2D eigenvalue weighted by Gasteiger charge is -2.41. The molecule has 7 heteroatoms. The number of amides is 1. The van der Waals surface area contributed by atoms with Crippen LogP contribution in [0.4, 0.5) is 0 Å². The highest BCUT2D eigenvalue weighted by Crippen LogP contribution is 2.21. The van der Waals surface area contributed by atoms with E-state index >= 15 is 0 Å². The van der Waals surface area contributed by atoms with Gasteiger partial charge < -0.3 is 9.88 Å². The lowest BCUT2D eigenvalue weighted by atomic mass is 10.0. The standard InChI is InChI=1S/C23H24Cl2N4O/c24-19-5-1-17(2-6-19)14-28-11-12-29(23(30)18-3-7-20(25)8-4-18)22(15-28)10-9-21-13-26-16-27-21/h1-8,13,16,22H,9-12,14-15H2,(H,26,27). The van der Waals surface area contributed by atoms with Crippen LogP contribution in [-0.2, 0) is 13.0 Å². The highest BCUT2D eigenvalue weighted by Gasteiger charge is 2.31. The number of nitrogens with one attached hydrogen (secondary N) is 1. The van der Waals surface area contributed by atoms with Crippen molar-refractivity contribution in [1.82, 2.24) is 19.8 Å². The third-order valence-electron chi connectivity index (χ3n) is 5.54. The van der Waals surface area contributed by atoms with Gasteiger partial charge in [0.2, 0.25) is 0 Å². The second-order valence-corrected chi connectivity index (χ2v) is 8.51. The maximum absolute atomic E-state index is 13.2. The molecule has 1 amide bonds. The maximum Gasteiger partial charge on any atom is 0.254 e. The molecule has 1 aromatic heterocycles. The fourth-order valence-electron chi connectivity index (χ4n) is 3.93. The highest BCUT2D eigenvalue weighted by molar-refractivity contribution is 6.30. The van der Waals surface area contributed by atoms with Crippen LogP contribution in [-0.4, -0.2) is 51.4 Å². The summed E-state index contributed by atoms with van der Waals surface area (Å²) >= 11 is 12.0. The molecule has 0 saturated carbocycles. The van der Waals surface area contributed by atoms with E-state index in [2.05, 4.69) is 27.0 Å². The summed E-state index contributed by atoms with van der Waals surface area (Å²) in [6, 6.07) is 15.2. The molecule has 156 valence electrons. The average Bonchev–Trinajstić information content (AvgIpc) is 3.28. The molecule has 1 atom stereocenters. The van der Waals surface area contributed by atoms with E-state index in [4.69, 9.17) is 23.2 Å². The number of aryl methyl sites for hydroxylation is 1. The molecule has 0 radical (unpaired) electrons. The molecule has 1 saturated heterocycles. The Bertz CT molecular complexity index is 958.